The summed E-state index contributed by atoms with van der Waals surface area (Å²) in [7, 11) is 0. The lowest BCUT2D eigenvalue weighted by Crippen LogP contribution is -2.26. The molecule has 1 aliphatic heterocycles. The monoisotopic (exact) mass is 536 g/mol. The molecule has 5 heterocycles. The molecule has 4 saturated carbocycles. The first-order chi connectivity index (χ1) is 19.7. The van der Waals surface area contributed by atoms with Gasteiger partial charge in [0.15, 0.2) is 0 Å². The Bertz CT molecular complexity index is 1220. The average Bonchev–Trinajstić information content (AvgIpc) is 3.85. The quantitative estimate of drug-likeness (QED) is 0.224. The van der Waals surface area contributed by atoms with Crippen LogP contribution in [0.5, 0.6) is 0 Å². The van der Waals surface area contributed by atoms with Crippen LogP contribution < -0.4 is 0 Å². The number of hydrogen-bond donors (Lipinski definition) is 0. The van der Waals surface area contributed by atoms with E-state index in [0.29, 0.717) is 0 Å². The third-order valence-electron chi connectivity index (χ3n) is 12.0. The molecule has 4 fully saturated rings. The SMILES string of the molecule is c1cc2oc1C1(CCCC1)c1ccc(o1)C1(CCCC1)c1ccc(o1)C1(CCCC1)c1ccc(o1)C21CCCC1. The molecule has 0 saturated heterocycles. The van der Waals surface area contributed by atoms with E-state index in [0.717, 1.165) is 97.4 Å². The molecule has 0 unspecified atom stereocenters. The lowest BCUT2D eigenvalue weighted by atomic mass is 9.80. The fraction of sp³-hybridized carbons (Fsp3) is 0.556. The Hall–Kier alpha value is -2.88. The smallest absolute Gasteiger partial charge is 0.117 e. The number of fused-ring (bicyclic) bond motifs is 16. The van der Waals surface area contributed by atoms with Crippen molar-refractivity contribution in [1.82, 2.24) is 0 Å². The zero-order valence-electron chi connectivity index (χ0n) is 23.6. The molecule has 208 valence electrons. The summed E-state index contributed by atoms with van der Waals surface area (Å²) >= 11 is 0. The molecule has 5 aliphatic rings. The standard InChI is InChI=1S/C36H40O4/c1-2-18-33(17-1)25-9-11-27(37-25)34(19-3-4-20-34)29-13-15-31(39-29)36(23-7-8-24-36)32-16-14-30(40-32)35(21-5-6-22-35)28-12-10-26(33)38-28/h9-16H,1-8,17-24H2. The van der Waals surface area contributed by atoms with E-state index in [-0.39, 0.29) is 21.7 Å². The van der Waals surface area contributed by atoms with Crippen LogP contribution in [0.2, 0.25) is 0 Å². The number of rotatable bonds is 0. The third-order valence-corrected chi connectivity index (χ3v) is 12.0. The Morgan fingerprint density at radius 3 is 0.575 bits per heavy atom. The van der Waals surface area contributed by atoms with Crippen molar-refractivity contribution in [3.8, 4) is 0 Å². The van der Waals surface area contributed by atoms with Crippen molar-refractivity contribution in [2.75, 3.05) is 0 Å². The van der Waals surface area contributed by atoms with Crippen molar-refractivity contribution in [1.29, 1.82) is 0 Å². The summed E-state index contributed by atoms with van der Waals surface area (Å²) in [5.74, 6) is 8.66. The minimum absolute atomic E-state index is 0.191. The predicted molar refractivity (Wildman–Crippen MR) is 152 cm³/mol. The maximum Gasteiger partial charge on any atom is 0.117 e. The summed E-state index contributed by atoms with van der Waals surface area (Å²) in [6.07, 6.45) is 18.2. The Morgan fingerprint density at radius 2 is 0.425 bits per heavy atom. The van der Waals surface area contributed by atoms with Crippen molar-refractivity contribution in [2.24, 2.45) is 0 Å². The van der Waals surface area contributed by atoms with E-state index >= 15 is 0 Å². The topological polar surface area (TPSA) is 52.6 Å². The Balaban J connectivity index is 1.30. The highest BCUT2D eigenvalue weighted by Crippen LogP contribution is 2.56. The summed E-state index contributed by atoms with van der Waals surface area (Å²) in [4.78, 5) is 0. The summed E-state index contributed by atoms with van der Waals surface area (Å²) in [5.41, 5.74) is -0.763. The average molecular weight is 537 g/mol. The molecule has 4 spiro atoms. The highest BCUT2D eigenvalue weighted by Gasteiger charge is 2.51. The summed E-state index contributed by atoms with van der Waals surface area (Å²) in [5, 5.41) is 0. The Kier molecular flexibility index (Phi) is 4.96. The first-order valence-electron chi connectivity index (χ1n) is 16.1. The molecule has 4 aromatic heterocycles. The van der Waals surface area contributed by atoms with Gasteiger partial charge in [-0.05, 0) is 99.9 Å². The van der Waals surface area contributed by atoms with Gasteiger partial charge in [0.05, 0.1) is 21.7 Å². The summed E-state index contributed by atoms with van der Waals surface area (Å²) in [6.45, 7) is 0. The highest BCUT2D eigenvalue weighted by atomic mass is 16.4. The Labute approximate surface area is 236 Å². The van der Waals surface area contributed by atoms with Crippen LogP contribution >= 0.6 is 0 Å². The van der Waals surface area contributed by atoms with Crippen LogP contribution in [0.1, 0.15) is 149 Å². The van der Waals surface area contributed by atoms with Crippen molar-refractivity contribution < 1.29 is 17.7 Å². The molecule has 0 radical (unpaired) electrons. The highest BCUT2D eigenvalue weighted by molar-refractivity contribution is 5.41. The van der Waals surface area contributed by atoms with Crippen LogP contribution in [0.3, 0.4) is 0 Å². The van der Waals surface area contributed by atoms with Crippen LogP contribution in [0.25, 0.3) is 0 Å². The van der Waals surface area contributed by atoms with Gasteiger partial charge in [0.25, 0.3) is 0 Å². The maximum absolute atomic E-state index is 7.01. The van der Waals surface area contributed by atoms with Gasteiger partial charge in [0, 0.05) is 0 Å². The van der Waals surface area contributed by atoms with Gasteiger partial charge in [0.1, 0.15) is 46.1 Å². The molecule has 4 aliphatic carbocycles. The van der Waals surface area contributed by atoms with Crippen LogP contribution in [0, 0.1) is 0 Å². The van der Waals surface area contributed by atoms with Crippen LogP contribution in [0.4, 0.5) is 0 Å². The lowest BCUT2D eigenvalue weighted by molar-refractivity contribution is 0.239. The van der Waals surface area contributed by atoms with Crippen LogP contribution in [0.15, 0.2) is 66.2 Å². The number of furan rings is 4. The van der Waals surface area contributed by atoms with Gasteiger partial charge in [-0.15, -0.1) is 0 Å². The van der Waals surface area contributed by atoms with E-state index in [2.05, 4.69) is 48.5 Å². The third kappa shape index (κ3) is 2.98. The summed E-state index contributed by atoms with van der Waals surface area (Å²) < 4.78 is 28.1. The van der Waals surface area contributed by atoms with Gasteiger partial charge in [-0.2, -0.15) is 0 Å². The number of hydrogen-bond acceptors (Lipinski definition) is 4. The second-order valence-electron chi connectivity index (χ2n) is 13.8. The molecule has 0 amide bonds. The van der Waals surface area contributed by atoms with E-state index < -0.39 is 0 Å². The van der Waals surface area contributed by atoms with Crippen LogP contribution in [-0.2, 0) is 21.7 Å². The molecule has 40 heavy (non-hydrogen) atoms. The van der Waals surface area contributed by atoms with E-state index in [9.17, 15) is 0 Å². The van der Waals surface area contributed by atoms with Gasteiger partial charge < -0.3 is 17.7 Å². The van der Waals surface area contributed by atoms with Crippen molar-refractivity contribution >= 4 is 0 Å². The minimum atomic E-state index is -0.191. The normalized spacial score (nSPS) is 25.2. The molecule has 8 bridgehead atoms. The first-order valence-corrected chi connectivity index (χ1v) is 16.1. The van der Waals surface area contributed by atoms with Crippen molar-refractivity contribution in [3.05, 3.63) is 94.6 Å². The fourth-order valence-electron chi connectivity index (χ4n) is 9.78. The molecule has 4 nitrogen and oxygen atoms in total. The molecule has 9 rings (SSSR count). The lowest BCUT2D eigenvalue weighted by Gasteiger charge is -2.30. The molecule has 4 aromatic rings. The second-order valence-corrected chi connectivity index (χ2v) is 13.8. The van der Waals surface area contributed by atoms with E-state index in [1.165, 1.54) is 51.4 Å². The largest absolute Gasteiger partial charge is 0.464 e. The molecule has 0 atom stereocenters. The van der Waals surface area contributed by atoms with Gasteiger partial charge in [-0.3, -0.25) is 0 Å². The predicted octanol–water partition coefficient (Wildman–Crippen LogP) is 9.81. The van der Waals surface area contributed by atoms with E-state index in [1.807, 2.05) is 0 Å². The first kappa shape index (κ1) is 23.8. The molecule has 4 heteroatoms. The van der Waals surface area contributed by atoms with Gasteiger partial charge in [-0.25, -0.2) is 0 Å². The zero-order chi connectivity index (χ0) is 26.4. The van der Waals surface area contributed by atoms with Gasteiger partial charge >= 0.3 is 0 Å². The zero-order valence-corrected chi connectivity index (χ0v) is 23.6. The van der Waals surface area contributed by atoms with Crippen molar-refractivity contribution in [2.45, 2.75) is 124 Å². The van der Waals surface area contributed by atoms with Crippen LogP contribution in [-0.4, -0.2) is 0 Å². The molecular weight excluding hydrogens is 496 g/mol. The van der Waals surface area contributed by atoms with Gasteiger partial charge in [0.2, 0.25) is 0 Å². The molecular formula is C36H40O4. The van der Waals surface area contributed by atoms with Crippen molar-refractivity contribution in [3.63, 3.8) is 0 Å². The van der Waals surface area contributed by atoms with E-state index in [1.54, 1.807) is 0 Å². The summed E-state index contributed by atoms with van der Waals surface area (Å²) in [6, 6.07) is 18.2. The fourth-order valence-corrected chi connectivity index (χ4v) is 9.78. The van der Waals surface area contributed by atoms with E-state index in [4.69, 9.17) is 17.7 Å². The molecule has 0 N–H and O–H groups in total. The minimum Gasteiger partial charge on any atom is -0.464 e. The maximum atomic E-state index is 7.01. The molecule has 0 aromatic carbocycles. The van der Waals surface area contributed by atoms with Gasteiger partial charge in [-0.1, -0.05) is 51.4 Å². The Morgan fingerprint density at radius 1 is 0.275 bits per heavy atom. The second kappa shape index (κ2) is 8.33.